The maximum Gasteiger partial charge on any atom is 0.142 e. The monoisotopic (exact) mass is 299 g/mol. The highest BCUT2D eigenvalue weighted by Gasteiger charge is 2.15. The van der Waals surface area contributed by atoms with E-state index in [1.165, 1.54) is 16.7 Å². The molecule has 0 atom stereocenters. The zero-order valence-electron chi connectivity index (χ0n) is 15.0. The first kappa shape index (κ1) is 27.7. The number of hydrogen-bond acceptors (Lipinski definition) is 5. The van der Waals surface area contributed by atoms with Gasteiger partial charge in [-0.05, 0) is 48.5 Å². The Balaban J connectivity index is -0.000000102. The lowest BCUT2D eigenvalue weighted by atomic mass is 10.2. The summed E-state index contributed by atoms with van der Waals surface area (Å²) in [6.07, 6.45) is 0. The summed E-state index contributed by atoms with van der Waals surface area (Å²) < 4.78 is 0. The molecule has 0 rings (SSSR count). The van der Waals surface area contributed by atoms with E-state index in [4.69, 9.17) is 28.7 Å². The summed E-state index contributed by atoms with van der Waals surface area (Å²) in [5.41, 5.74) is 29.8. The largest absolute Gasteiger partial charge is 0.386 e. The first-order chi connectivity index (χ1) is 9.05. The van der Waals surface area contributed by atoms with Crippen molar-refractivity contribution in [2.75, 3.05) is 0 Å². The molecule has 0 aliphatic carbocycles. The van der Waals surface area contributed by atoms with Crippen LogP contribution < -0.4 is 28.7 Å². The molecule has 0 saturated heterocycles. The minimum atomic E-state index is -1.39. The van der Waals surface area contributed by atoms with Gasteiger partial charge in [0.1, 0.15) is 5.79 Å². The van der Waals surface area contributed by atoms with Crippen LogP contribution in [-0.2, 0) is 0 Å². The van der Waals surface area contributed by atoms with E-state index in [2.05, 4.69) is 19.7 Å². The summed E-state index contributed by atoms with van der Waals surface area (Å²) >= 11 is 0. The fourth-order valence-electron chi connectivity index (χ4n) is 0.250. The van der Waals surface area contributed by atoms with Gasteiger partial charge in [0, 0.05) is 5.57 Å². The normalized spacial score (nSPS) is 8.48. The number of hydrogen-bond donors (Lipinski definition) is 5. The molecule has 0 heterocycles. The standard InChI is InChI=1S/C4H13N5.3C4H8/c1-2(3(5)6)4(7,8)9;3*1-4(2)3/h5-9H2,1H3;3*1H2,2-3H3. The minimum Gasteiger partial charge on any atom is -0.386 e. The smallest absolute Gasteiger partial charge is 0.142 e. The first-order valence-electron chi connectivity index (χ1n) is 6.50. The molecule has 0 aromatic carbocycles. The molecule has 0 fully saturated rings. The average Bonchev–Trinajstić information content (AvgIpc) is 2.11. The molecule has 5 heteroatoms. The molecule has 21 heavy (non-hydrogen) atoms. The minimum absolute atomic E-state index is 0.0718. The Morgan fingerprint density at radius 2 is 0.762 bits per heavy atom. The molecule has 0 saturated carbocycles. The lowest BCUT2D eigenvalue weighted by Crippen LogP contribution is -2.59. The molecule has 0 radical (unpaired) electrons. The van der Waals surface area contributed by atoms with Crippen LogP contribution in [0.25, 0.3) is 0 Å². The molecular weight excluding hydrogens is 262 g/mol. The Morgan fingerprint density at radius 1 is 0.619 bits per heavy atom. The van der Waals surface area contributed by atoms with Crippen molar-refractivity contribution in [2.45, 2.75) is 54.3 Å². The summed E-state index contributed by atoms with van der Waals surface area (Å²) in [7, 11) is 0. The molecule has 0 unspecified atom stereocenters. The van der Waals surface area contributed by atoms with Gasteiger partial charge in [0.15, 0.2) is 0 Å². The van der Waals surface area contributed by atoms with Gasteiger partial charge in [-0.15, -0.1) is 19.7 Å². The molecule has 0 aliphatic heterocycles. The van der Waals surface area contributed by atoms with Crippen LogP contribution in [0.5, 0.6) is 0 Å². The predicted molar refractivity (Wildman–Crippen MR) is 97.8 cm³/mol. The second kappa shape index (κ2) is 14.8. The van der Waals surface area contributed by atoms with E-state index in [1.54, 1.807) is 6.92 Å². The van der Waals surface area contributed by atoms with E-state index in [9.17, 15) is 0 Å². The third-order valence-corrected chi connectivity index (χ3v) is 1.08. The molecule has 0 aromatic heterocycles. The van der Waals surface area contributed by atoms with Gasteiger partial charge in [0.2, 0.25) is 0 Å². The molecule has 5 nitrogen and oxygen atoms in total. The van der Waals surface area contributed by atoms with Crippen molar-refractivity contribution in [1.29, 1.82) is 0 Å². The molecule has 0 aromatic rings. The second-order valence-electron chi connectivity index (χ2n) is 5.63. The maximum atomic E-state index is 5.22. The Hall–Kier alpha value is -1.56. The van der Waals surface area contributed by atoms with Crippen molar-refractivity contribution >= 4 is 0 Å². The van der Waals surface area contributed by atoms with Gasteiger partial charge in [-0.3, -0.25) is 17.2 Å². The van der Waals surface area contributed by atoms with Crippen LogP contribution >= 0.6 is 0 Å². The van der Waals surface area contributed by atoms with Crippen molar-refractivity contribution in [3.05, 3.63) is 47.9 Å². The number of rotatable bonds is 1. The zero-order chi connectivity index (χ0) is 18.4. The van der Waals surface area contributed by atoms with E-state index in [-0.39, 0.29) is 5.82 Å². The Kier molecular flexibility index (Phi) is 19.6. The fourth-order valence-corrected chi connectivity index (χ4v) is 0.250. The predicted octanol–water partition coefficient (Wildman–Crippen LogP) is 2.41. The Morgan fingerprint density at radius 3 is 0.762 bits per heavy atom. The Labute approximate surface area is 131 Å². The highest BCUT2D eigenvalue weighted by molar-refractivity contribution is 5.15. The van der Waals surface area contributed by atoms with Crippen LogP contribution in [-0.4, -0.2) is 5.79 Å². The number of allylic oxidation sites excluding steroid dienone is 3. The van der Waals surface area contributed by atoms with Gasteiger partial charge < -0.3 is 11.5 Å². The third-order valence-electron chi connectivity index (χ3n) is 1.08. The van der Waals surface area contributed by atoms with Crippen molar-refractivity contribution < 1.29 is 0 Å². The fraction of sp³-hybridized carbons (Fsp3) is 0.500. The first-order valence-corrected chi connectivity index (χ1v) is 6.50. The van der Waals surface area contributed by atoms with E-state index >= 15 is 0 Å². The van der Waals surface area contributed by atoms with Crippen LogP contribution in [0, 0.1) is 0 Å². The van der Waals surface area contributed by atoms with E-state index in [0.717, 1.165) is 0 Å². The van der Waals surface area contributed by atoms with Crippen LogP contribution in [0.1, 0.15) is 48.5 Å². The number of nitrogens with two attached hydrogens (primary N) is 5. The van der Waals surface area contributed by atoms with Crippen molar-refractivity contribution in [1.82, 2.24) is 0 Å². The van der Waals surface area contributed by atoms with E-state index in [0.29, 0.717) is 5.57 Å². The van der Waals surface area contributed by atoms with Crippen LogP contribution in [0.15, 0.2) is 47.9 Å². The summed E-state index contributed by atoms with van der Waals surface area (Å²) in [6, 6.07) is 0. The zero-order valence-corrected chi connectivity index (χ0v) is 15.0. The molecule has 0 bridgehead atoms. The van der Waals surface area contributed by atoms with Crippen molar-refractivity contribution in [2.24, 2.45) is 28.7 Å². The Bertz CT molecular complexity index is 302. The van der Waals surface area contributed by atoms with Crippen molar-refractivity contribution in [3.63, 3.8) is 0 Å². The van der Waals surface area contributed by atoms with Gasteiger partial charge in [-0.25, -0.2) is 0 Å². The van der Waals surface area contributed by atoms with Gasteiger partial charge in [0.25, 0.3) is 0 Å². The van der Waals surface area contributed by atoms with Gasteiger partial charge in [-0.2, -0.15) is 0 Å². The van der Waals surface area contributed by atoms with Crippen LogP contribution in [0.3, 0.4) is 0 Å². The summed E-state index contributed by atoms with van der Waals surface area (Å²) in [5.74, 6) is -1.32. The molecular formula is C16H37N5. The summed E-state index contributed by atoms with van der Waals surface area (Å²) in [6.45, 7) is 24.1. The van der Waals surface area contributed by atoms with Gasteiger partial charge in [-0.1, -0.05) is 16.7 Å². The second-order valence-corrected chi connectivity index (χ2v) is 5.63. The maximum absolute atomic E-state index is 5.22. The molecule has 0 amide bonds. The van der Waals surface area contributed by atoms with E-state index in [1.807, 2.05) is 41.5 Å². The SMILES string of the molecule is C=C(C)C.C=C(C)C.C=C(C)C.CC(=C(N)N)C(N)(N)N. The molecule has 126 valence electrons. The summed E-state index contributed by atoms with van der Waals surface area (Å²) in [4.78, 5) is 0. The van der Waals surface area contributed by atoms with Crippen LogP contribution in [0.2, 0.25) is 0 Å². The van der Waals surface area contributed by atoms with Gasteiger partial charge in [0.05, 0.1) is 5.82 Å². The lowest BCUT2D eigenvalue weighted by molar-refractivity contribution is 0.538. The average molecular weight is 300 g/mol. The highest BCUT2D eigenvalue weighted by atomic mass is 15.1. The summed E-state index contributed by atoms with van der Waals surface area (Å²) in [5, 5.41) is 0. The third kappa shape index (κ3) is 70.0. The lowest BCUT2D eigenvalue weighted by Gasteiger charge is -2.19. The molecule has 10 N–H and O–H groups in total. The molecule has 0 aliphatic rings. The quantitative estimate of drug-likeness (QED) is 0.375. The van der Waals surface area contributed by atoms with Crippen molar-refractivity contribution in [3.8, 4) is 0 Å². The topological polar surface area (TPSA) is 130 Å². The van der Waals surface area contributed by atoms with Gasteiger partial charge >= 0.3 is 0 Å². The van der Waals surface area contributed by atoms with Crippen LogP contribution in [0.4, 0.5) is 0 Å². The van der Waals surface area contributed by atoms with E-state index < -0.39 is 5.79 Å². The molecule has 0 spiro atoms. The highest BCUT2D eigenvalue weighted by Crippen LogP contribution is 1.98.